The molecule has 0 aliphatic carbocycles. The molecule has 0 amide bonds. The van der Waals surface area contributed by atoms with E-state index in [4.69, 9.17) is 25.4 Å². The van der Waals surface area contributed by atoms with Gasteiger partial charge < -0.3 is 4.52 Å². The SMILES string of the molecule is CCOP(=S)(OCC)Oc1cnc(SCCSC)nc1. The van der Waals surface area contributed by atoms with Crippen molar-refractivity contribution in [3.63, 3.8) is 0 Å². The molecule has 0 fully saturated rings. The van der Waals surface area contributed by atoms with E-state index >= 15 is 0 Å². The van der Waals surface area contributed by atoms with Crippen LogP contribution in [-0.4, -0.2) is 40.9 Å². The van der Waals surface area contributed by atoms with Crippen molar-refractivity contribution in [2.24, 2.45) is 0 Å². The van der Waals surface area contributed by atoms with Crippen molar-refractivity contribution in [2.45, 2.75) is 19.0 Å². The first kappa shape index (κ1) is 18.2. The van der Waals surface area contributed by atoms with Crippen LogP contribution in [0.1, 0.15) is 13.8 Å². The molecule has 0 spiro atoms. The van der Waals surface area contributed by atoms with Crippen molar-refractivity contribution in [2.75, 3.05) is 31.0 Å². The molecule has 0 unspecified atom stereocenters. The van der Waals surface area contributed by atoms with Crippen LogP contribution in [0, 0.1) is 0 Å². The summed E-state index contributed by atoms with van der Waals surface area (Å²) in [7, 11) is 0. The Morgan fingerprint density at radius 1 is 1.15 bits per heavy atom. The molecular formula is C11H19N2O3PS3. The first-order valence-electron chi connectivity index (χ1n) is 6.16. The largest absolute Gasteiger partial charge is 0.421 e. The predicted octanol–water partition coefficient (Wildman–Crippen LogP) is 3.61. The maximum Gasteiger partial charge on any atom is 0.380 e. The minimum absolute atomic E-state index is 0.445. The lowest BCUT2D eigenvalue weighted by molar-refractivity contribution is 0.217. The molecule has 9 heteroatoms. The van der Waals surface area contributed by atoms with Gasteiger partial charge in [0.05, 0.1) is 25.6 Å². The zero-order valence-corrected chi connectivity index (χ0v) is 15.1. The quantitative estimate of drug-likeness (QED) is 0.273. The minimum atomic E-state index is -2.74. The molecule has 0 saturated heterocycles. The van der Waals surface area contributed by atoms with Crippen LogP contribution in [0.4, 0.5) is 0 Å². The van der Waals surface area contributed by atoms with E-state index in [0.717, 1.165) is 16.7 Å². The molecule has 0 radical (unpaired) electrons. The smallest absolute Gasteiger partial charge is 0.380 e. The van der Waals surface area contributed by atoms with Gasteiger partial charge in [-0.1, -0.05) is 11.8 Å². The van der Waals surface area contributed by atoms with E-state index in [1.54, 1.807) is 35.9 Å². The van der Waals surface area contributed by atoms with Gasteiger partial charge in [-0.2, -0.15) is 11.8 Å². The molecule has 1 rings (SSSR count). The van der Waals surface area contributed by atoms with E-state index < -0.39 is 6.72 Å². The van der Waals surface area contributed by atoms with E-state index in [9.17, 15) is 0 Å². The molecule has 0 aromatic carbocycles. The van der Waals surface area contributed by atoms with Crippen molar-refractivity contribution in [1.29, 1.82) is 0 Å². The van der Waals surface area contributed by atoms with Gasteiger partial charge in [0.25, 0.3) is 0 Å². The second kappa shape index (κ2) is 9.97. The molecule has 0 saturated carbocycles. The maximum atomic E-state index is 5.61. The topological polar surface area (TPSA) is 53.5 Å². The summed E-state index contributed by atoms with van der Waals surface area (Å²) in [6.07, 6.45) is 5.29. The van der Waals surface area contributed by atoms with Gasteiger partial charge in [-0.15, -0.1) is 0 Å². The van der Waals surface area contributed by atoms with E-state index in [2.05, 4.69) is 16.2 Å². The lowest BCUT2D eigenvalue weighted by Crippen LogP contribution is -2.02. The predicted molar refractivity (Wildman–Crippen MR) is 89.3 cm³/mol. The molecule has 1 aromatic heterocycles. The number of thioether (sulfide) groups is 2. The van der Waals surface area contributed by atoms with Crippen LogP contribution < -0.4 is 4.52 Å². The normalized spacial score (nSPS) is 11.6. The number of hydrogen-bond acceptors (Lipinski definition) is 8. The summed E-state index contributed by atoms with van der Waals surface area (Å²) in [6, 6.07) is 0. The van der Waals surface area contributed by atoms with Crippen LogP contribution >= 0.6 is 30.2 Å². The van der Waals surface area contributed by atoms with E-state index in [1.165, 1.54) is 0 Å². The minimum Gasteiger partial charge on any atom is -0.421 e. The molecule has 5 nitrogen and oxygen atoms in total. The van der Waals surface area contributed by atoms with E-state index in [0.29, 0.717) is 19.0 Å². The van der Waals surface area contributed by atoms with Crippen molar-refractivity contribution >= 4 is 42.0 Å². The van der Waals surface area contributed by atoms with E-state index in [1.807, 2.05) is 13.8 Å². The molecule has 0 bridgehead atoms. The van der Waals surface area contributed by atoms with Gasteiger partial charge in [0.2, 0.25) is 0 Å². The molecule has 20 heavy (non-hydrogen) atoms. The van der Waals surface area contributed by atoms with Gasteiger partial charge in [-0.05, 0) is 20.1 Å². The zero-order valence-electron chi connectivity index (χ0n) is 11.8. The fraction of sp³-hybridized carbons (Fsp3) is 0.636. The standard InChI is InChI=1S/C11H19N2O3PS3/c1-4-14-17(18,15-5-2)16-10-8-12-11(13-9-10)20-7-6-19-3/h8-9H,4-7H2,1-3H3. The summed E-state index contributed by atoms with van der Waals surface area (Å²) in [4.78, 5) is 8.47. The molecule has 0 N–H and O–H groups in total. The van der Waals surface area contributed by atoms with Gasteiger partial charge in [-0.25, -0.2) is 9.97 Å². The Kier molecular flexibility index (Phi) is 9.08. The Bertz CT molecular complexity index is 423. The van der Waals surface area contributed by atoms with Crippen LogP contribution in [0.3, 0.4) is 0 Å². The van der Waals surface area contributed by atoms with Crippen LogP contribution in [-0.2, 0) is 20.9 Å². The number of nitrogens with zero attached hydrogens (tertiary/aromatic N) is 2. The van der Waals surface area contributed by atoms with Crippen LogP contribution in [0.2, 0.25) is 0 Å². The average molecular weight is 354 g/mol. The van der Waals surface area contributed by atoms with Crippen molar-refractivity contribution in [3.8, 4) is 5.75 Å². The summed E-state index contributed by atoms with van der Waals surface area (Å²) in [5.41, 5.74) is 0. The van der Waals surface area contributed by atoms with Crippen LogP contribution in [0.15, 0.2) is 17.6 Å². The highest BCUT2D eigenvalue weighted by atomic mass is 32.5. The fourth-order valence-electron chi connectivity index (χ4n) is 1.18. The van der Waals surface area contributed by atoms with Crippen molar-refractivity contribution < 1.29 is 13.6 Å². The number of aromatic nitrogens is 2. The molecule has 0 aliphatic rings. The zero-order chi connectivity index (χ0) is 14.8. The summed E-state index contributed by atoms with van der Waals surface area (Å²) >= 11 is 8.70. The highest BCUT2D eigenvalue weighted by Crippen LogP contribution is 2.49. The molecule has 114 valence electrons. The van der Waals surface area contributed by atoms with Crippen LogP contribution in [0.5, 0.6) is 5.75 Å². The number of rotatable bonds is 10. The number of hydrogen-bond donors (Lipinski definition) is 0. The lowest BCUT2D eigenvalue weighted by atomic mass is 10.6. The second-order valence-corrected chi connectivity index (χ2v) is 8.40. The Morgan fingerprint density at radius 2 is 1.75 bits per heavy atom. The Labute approximate surface area is 133 Å². The molecule has 1 heterocycles. The average Bonchev–Trinajstić information content (AvgIpc) is 2.41. The van der Waals surface area contributed by atoms with E-state index in [-0.39, 0.29) is 0 Å². The first-order chi connectivity index (χ1) is 9.63. The molecule has 0 atom stereocenters. The molecular weight excluding hydrogens is 335 g/mol. The van der Waals surface area contributed by atoms with Crippen molar-refractivity contribution in [1.82, 2.24) is 9.97 Å². The van der Waals surface area contributed by atoms with Gasteiger partial charge in [0, 0.05) is 23.3 Å². The monoisotopic (exact) mass is 354 g/mol. The molecule has 1 aromatic rings. The summed E-state index contributed by atoms with van der Waals surface area (Å²) in [5, 5.41) is 0.729. The van der Waals surface area contributed by atoms with Gasteiger partial charge in [0.1, 0.15) is 0 Å². The van der Waals surface area contributed by atoms with Gasteiger partial charge in [0.15, 0.2) is 10.9 Å². The molecule has 0 aliphatic heterocycles. The summed E-state index contributed by atoms with van der Waals surface area (Å²) in [6.45, 7) is 1.86. The highest BCUT2D eigenvalue weighted by molar-refractivity contribution is 8.07. The Balaban J connectivity index is 2.61. The first-order valence-corrected chi connectivity index (χ1v) is 11.1. The van der Waals surface area contributed by atoms with Gasteiger partial charge >= 0.3 is 6.72 Å². The Hall–Kier alpha value is 0.150. The third-order valence-electron chi connectivity index (χ3n) is 1.91. The van der Waals surface area contributed by atoms with Crippen molar-refractivity contribution in [3.05, 3.63) is 12.4 Å². The third-order valence-corrected chi connectivity index (χ3v) is 6.10. The van der Waals surface area contributed by atoms with Crippen LogP contribution in [0.25, 0.3) is 0 Å². The third kappa shape index (κ3) is 6.74. The lowest BCUT2D eigenvalue weighted by Gasteiger charge is -2.20. The highest BCUT2D eigenvalue weighted by Gasteiger charge is 2.21. The van der Waals surface area contributed by atoms with Gasteiger partial charge in [-0.3, -0.25) is 9.05 Å². The summed E-state index contributed by atoms with van der Waals surface area (Å²) < 4.78 is 16.4. The summed E-state index contributed by atoms with van der Waals surface area (Å²) in [5.74, 6) is 2.53. The fourth-order valence-corrected chi connectivity index (χ4v) is 4.67. The second-order valence-electron chi connectivity index (χ2n) is 3.42. The Morgan fingerprint density at radius 3 is 2.25 bits per heavy atom. The maximum absolute atomic E-state index is 5.61.